The molecule has 7 heteroatoms. The number of anilines is 3. The Kier molecular flexibility index (Phi) is 7.14. The van der Waals surface area contributed by atoms with Gasteiger partial charge in [-0.05, 0) is 62.1 Å². The minimum absolute atomic E-state index is 0.152. The molecule has 4 N–H and O–H groups in total. The summed E-state index contributed by atoms with van der Waals surface area (Å²) >= 11 is 0. The zero-order valence-corrected chi connectivity index (χ0v) is 22.6. The van der Waals surface area contributed by atoms with Gasteiger partial charge in [0, 0.05) is 55.3 Å². The Morgan fingerprint density at radius 1 is 0.462 bits per heavy atom. The Morgan fingerprint density at radius 3 is 1.23 bits per heavy atom. The molecule has 0 spiro atoms. The summed E-state index contributed by atoms with van der Waals surface area (Å²) in [4.78, 5) is 7.99. The van der Waals surface area contributed by atoms with Crippen molar-refractivity contribution in [1.29, 1.82) is 0 Å². The van der Waals surface area contributed by atoms with E-state index in [1.54, 1.807) is 0 Å². The topological polar surface area (TPSA) is 57.8 Å². The number of piperazine rings is 2. The number of hydrogen-bond donors (Lipinski definition) is 4. The van der Waals surface area contributed by atoms with Gasteiger partial charge in [0.2, 0.25) is 0 Å². The van der Waals surface area contributed by atoms with Gasteiger partial charge in [0.25, 0.3) is 0 Å². The molecule has 3 aliphatic heterocycles. The molecule has 1 saturated carbocycles. The molecule has 3 heterocycles. The lowest BCUT2D eigenvalue weighted by Crippen LogP contribution is -2.75. The molecule has 6 unspecified atom stereocenters. The third-order valence-corrected chi connectivity index (χ3v) is 9.03. The largest absolute Gasteiger partial charge is 0.352 e. The summed E-state index contributed by atoms with van der Waals surface area (Å²) in [7, 11) is 0. The van der Waals surface area contributed by atoms with Crippen molar-refractivity contribution in [3.8, 4) is 0 Å². The smallest absolute Gasteiger partial charge is 0.0954 e. The van der Waals surface area contributed by atoms with Crippen LogP contribution in [0.25, 0.3) is 0 Å². The van der Waals surface area contributed by atoms with Crippen LogP contribution in [-0.4, -0.2) is 62.9 Å². The van der Waals surface area contributed by atoms with Crippen molar-refractivity contribution in [3.05, 3.63) is 91.0 Å². The summed E-state index contributed by atoms with van der Waals surface area (Å²) in [6, 6.07) is 34.1. The number of nitrogens with one attached hydrogen (secondary N) is 4. The molecular weight excluding hydrogens is 482 g/mol. The normalized spacial score (nSPS) is 31.2. The molecule has 3 aromatic rings. The second-order valence-corrected chi connectivity index (χ2v) is 11.4. The fraction of sp³-hybridized carbons (Fsp3) is 0.438. The highest BCUT2D eigenvalue weighted by Gasteiger charge is 2.42. The van der Waals surface area contributed by atoms with E-state index in [4.69, 9.17) is 0 Å². The van der Waals surface area contributed by atoms with Crippen LogP contribution in [0, 0.1) is 0 Å². The van der Waals surface area contributed by atoms with Crippen molar-refractivity contribution in [2.24, 2.45) is 0 Å². The predicted molar refractivity (Wildman–Crippen MR) is 160 cm³/mol. The van der Waals surface area contributed by atoms with Crippen LogP contribution in [0.4, 0.5) is 17.1 Å². The number of benzene rings is 3. The Morgan fingerprint density at radius 2 is 0.821 bits per heavy atom. The molecule has 1 aliphatic carbocycles. The number of fused-ring (bicyclic) bond motifs is 6. The first-order chi connectivity index (χ1) is 19.3. The van der Waals surface area contributed by atoms with Crippen molar-refractivity contribution >= 4 is 17.1 Å². The fourth-order valence-corrected chi connectivity index (χ4v) is 7.42. The molecule has 0 radical (unpaired) electrons. The molecule has 6 bridgehead atoms. The Bertz CT molecular complexity index is 1010. The SMILES string of the molecule is c1ccc(N2C3CCCC(C3)N(c3ccccc3)C3CNCC(N3)N(c3ccccc3)C3CNCC2N3)cc1. The van der Waals surface area contributed by atoms with Gasteiger partial charge in [-0.2, -0.15) is 0 Å². The van der Waals surface area contributed by atoms with Gasteiger partial charge in [-0.15, -0.1) is 0 Å². The van der Waals surface area contributed by atoms with Crippen LogP contribution in [-0.2, 0) is 0 Å². The first-order valence-electron chi connectivity index (χ1n) is 14.8. The zero-order valence-electron chi connectivity index (χ0n) is 22.6. The molecular formula is C32H41N7. The number of nitrogens with zero attached hydrogens (tertiary/aromatic N) is 3. The molecule has 6 atom stereocenters. The van der Waals surface area contributed by atoms with Crippen LogP contribution in [0.1, 0.15) is 25.7 Å². The van der Waals surface area contributed by atoms with E-state index in [-0.39, 0.29) is 24.7 Å². The van der Waals surface area contributed by atoms with E-state index < -0.39 is 0 Å². The van der Waals surface area contributed by atoms with E-state index >= 15 is 0 Å². The molecule has 3 saturated heterocycles. The summed E-state index contributed by atoms with van der Waals surface area (Å²) in [6.07, 6.45) is 5.55. The average Bonchev–Trinajstić information content (AvgIpc) is 3.00. The van der Waals surface area contributed by atoms with Crippen LogP contribution in [0.5, 0.6) is 0 Å². The second-order valence-electron chi connectivity index (χ2n) is 11.4. The molecule has 3 aromatic carbocycles. The summed E-state index contributed by atoms with van der Waals surface area (Å²) in [5.41, 5.74) is 3.88. The molecule has 7 rings (SSSR count). The lowest BCUT2D eigenvalue weighted by molar-refractivity contribution is 0.216. The van der Waals surface area contributed by atoms with Gasteiger partial charge in [-0.25, -0.2) is 0 Å². The van der Waals surface area contributed by atoms with Gasteiger partial charge in [0.1, 0.15) is 0 Å². The summed E-state index contributed by atoms with van der Waals surface area (Å²) < 4.78 is 0. The molecule has 204 valence electrons. The monoisotopic (exact) mass is 523 g/mol. The second kappa shape index (κ2) is 11.2. The van der Waals surface area contributed by atoms with Gasteiger partial charge in [0.15, 0.2) is 0 Å². The maximum Gasteiger partial charge on any atom is 0.0954 e. The first-order valence-corrected chi connectivity index (χ1v) is 14.8. The van der Waals surface area contributed by atoms with E-state index in [0.29, 0.717) is 12.1 Å². The van der Waals surface area contributed by atoms with E-state index in [1.807, 2.05) is 0 Å². The molecule has 0 aromatic heterocycles. The number of rotatable bonds is 3. The third kappa shape index (κ3) is 5.00. The van der Waals surface area contributed by atoms with Gasteiger partial charge in [-0.3, -0.25) is 10.6 Å². The van der Waals surface area contributed by atoms with Crippen molar-refractivity contribution in [2.75, 3.05) is 40.9 Å². The standard InChI is InChI=1S/C32H41N7/c1-4-11-24(12-5-1)37-27-17-10-18-28(19-27)38(25-13-6-2-7-14-25)30-21-34-23-32(36-30)39(26-15-8-3-9-16-26)31-22-33-20-29(37)35-31/h1-9,11-16,27-36H,10,17-23H2. The van der Waals surface area contributed by atoms with Crippen molar-refractivity contribution in [3.63, 3.8) is 0 Å². The quantitative estimate of drug-likeness (QED) is 0.419. The average molecular weight is 524 g/mol. The third-order valence-electron chi connectivity index (χ3n) is 9.03. The van der Waals surface area contributed by atoms with Gasteiger partial charge < -0.3 is 25.3 Å². The Labute approximate surface area is 232 Å². The summed E-state index contributed by atoms with van der Waals surface area (Å²) in [5, 5.41) is 15.9. The van der Waals surface area contributed by atoms with Crippen LogP contribution in [0.3, 0.4) is 0 Å². The van der Waals surface area contributed by atoms with E-state index in [9.17, 15) is 0 Å². The predicted octanol–water partition coefficient (Wildman–Crippen LogP) is 3.52. The van der Waals surface area contributed by atoms with Crippen molar-refractivity contribution < 1.29 is 0 Å². The molecule has 7 nitrogen and oxygen atoms in total. The lowest BCUT2D eigenvalue weighted by atomic mass is 9.87. The van der Waals surface area contributed by atoms with Gasteiger partial charge in [-0.1, -0.05) is 54.6 Å². The molecule has 0 amide bonds. The van der Waals surface area contributed by atoms with Gasteiger partial charge in [0.05, 0.1) is 24.7 Å². The Balaban J connectivity index is 1.35. The van der Waals surface area contributed by atoms with E-state index in [2.05, 4.69) is 127 Å². The molecule has 4 aliphatic rings. The van der Waals surface area contributed by atoms with Gasteiger partial charge >= 0.3 is 0 Å². The molecule has 4 fully saturated rings. The number of hydrogen-bond acceptors (Lipinski definition) is 7. The number of para-hydroxylation sites is 3. The minimum Gasteiger partial charge on any atom is -0.352 e. The van der Waals surface area contributed by atoms with E-state index in [0.717, 1.165) is 32.6 Å². The first kappa shape index (κ1) is 24.9. The van der Waals surface area contributed by atoms with Crippen LogP contribution < -0.4 is 36.0 Å². The maximum absolute atomic E-state index is 4.13. The zero-order chi connectivity index (χ0) is 26.0. The van der Waals surface area contributed by atoms with Crippen molar-refractivity contribution in [2.45, 2.75) is 62.4 Å². The maximum atomic E-state index is 4.13. The lowest BCUT2D eigenvalue weighted by Gasteiger charge is -2.55. The van der Waals surface area contributed by atoms with E-state index in [1.165, 1.54) is 36.3 Å². The minimum atomic E-state index is 0.152. The molecule has 39 heavy (non-hydrogen) atoms. The fourth-order valence-electron chi connectivity index (χ4n) is 7.42. The highest BCUT2D eigenvalue weighted by molar-refractivity contribution is 5.53. The Hall–Kier alpha value is -3.10. The van der Waals surface area contributed by atoms with Crippen LogP contribution in [0.15, 0.2) is 91.0 Å². The van der Waals surface area contributed by atoms with Crippen LogP contribution in [0.2, 0.25) is 0 Å². The highest BCUT2D eigenvalue weighted by Crippen LogP contribution is 2.35. The van der Waals surface area contributed by atoms with Crippen LogP contribution >= 0.6 is 0 Å². The van der Waals surface area contributed by atoms with Crippen molar-refractivity contribution in [1.82, 2.24) is 21.3 Å². The summed E-state index contributed by atoms with van der Waals surface area (Å²) in [5.74, 6) is 0. The highest BCUT2D eigenvalue weighted by atomic mass is 15.5. The summed E-state index contributed by atoms with van der Waals surface area (Å²) in [6.45, 7) is 3.65.